The summed E-state index contributed by atoms with van der Waals surface area (Å²) in [6.45, 7) is 2.77. The van der Waals surface area contributed by atoms with E-state index in [1.165, 1.54) is 0 Å². The third-order valence-corrected chi connectivity index (χ3v) is 2.71. The Morgan fingerprint density at radius 2 is 2.31 bits per heavy atom. The maximum Gasteiger partial charge on any atom is 0.166 e. The van der Waals surface area contributed by atoms with Crippen LogP contribution < -0.4 is 0 Å². The van der Waals surface area contributed by atoms with Gasteiger partial charge in [-0.2, -0.15) is 5.10 Å². The molecule has 0 fully saturated rings. The van der Waals surface area contributed by atoms with E-state index >= 15 is 0 Å². The summed E-state index contributed by atoms with van der Waals surface area (Å²) >= 11 is 0. The number of aryl methyl sites for hydroxylation is 2. The predicted octanol–water partition coefficient (Wildman–Crippen LogP) is 1.64. The third-order valence-electron chi connectivity index (χ3n) is 2.71. The highest BCUT2D eigenvalue weighted by Crippen LogP contribution is 2.08. The third kappa shape index (κ3) is 1.91. The zero-order valence-electron chi connectivity index (χ0n) is 9.55. The molecule has 0 saturated carbocycles. The molecule has 4 heteroatoms. The van der Waals surface area contributed by atoms with Gasteiger partial charge in [-0.1, -0.05) is 6.92 Å². The molecule has 4 nitrogen and oxygen atoms in total. The first-order valence-electron chi connectivity index (χ1n) is 5.36. The molecular weight excluding hydrogens is 202 g/mol. The molecule has 2 rings (SSSR count). The molecule has 84 valence electrons. The van der Waals surface area contributed by atoms with Crippen LogP contribution in [-0.4, -0.2) is 20.6 Å². The second-order valence-electron chi connectivity index (χ2n) is 3.78. The first-order chi connectivity index (χ1) is 7.74. The number of aromatic nitrogens is 3. The van der Waals surface area contributed by atoms with E-state index < -0.39 is 0 Å². The second-order valence-corrected chi connectivity index (χ2v) is 3.78. The molecule has 0 atom stereocenters. The molecule has 0 aromatic carbocycles. The minimum Gasteiger partial charge on any atom is -0.339 e. The lowest BCUT2D eigenvalue weighted by atomic mass is 10.3. The molecule has 0 bridgehead atoms. The molecular formula is C12H15N3O. The molecule has 0 aliphatic rings. The lowest BCUT2D eigenvalue weighted by Crippen LogP contribution is -2.06. The van der Waals surface area contributed by atoms with Crippen LogP contribution in [0.4, 0.5) is 0 Å². The monoisotopic (exact) mass is 217 g/mol. The molecule has 0 saturated heterocycles. The van der Waals surface area contributed by atoms with Gasteiger partial charge in [0.1, 0.15) is 0 Å². The highest BCUT2D eigenvalue weighted by atomic mass is 16.1. The van der Waals surface area contributed by atoms with Gasteiger partial charge < -0.3 is 4.57 Å². The van der Waals surface area contributed by atoms with Gasteiger partial charge in [0, 0.05) is 13.2 Å². The van der Waals surface area contributed by atoms with Crippen LogP contribution in [0.2, 0.25) is 0 Å². The zero-order chi connectivity index (χ0) is 11.5. The van der Waals surface area contributed by atoms with Gasteiger partial charge in [0.25, 0.3) is 0 Å². The van der Waals surface area contributed by atoms with Crippen molar-refractivity contribution in [2.75, 3.05) is 0 Å². The number of carbonyl (C=O) groups is 1. The summed E-state index contributed by atoms with van der Waals surface area (Å²) in [5.74, 6) is 0. The molecule has 0 aliphatic heterocycles. The maximum atomic E-state index is 10.8. The molecule has 16 heavy (non-hydrogen) atoms. The van der Waals surface area contributed by atoms with Gasteiger partial charge in [-0.3, -0.25) is 9.48 Å². The fourth-order valence-corrected chi connectivity index (χ4v) is 1.75. The highest BCUT2D eigenvalue weighted by Gasteiger charge is 2.06. The van der Waals surface area contributed by atoms with Crippen LogP contribution in [0.25, 0.3) is 0 Å². The van der Waals surface area contributed by atoms with E-state index in [4.69, 9.17) is 0 Å². The standard InChI is InChI=1S/C12H15N3O/c1-3-10-7-12(14(2)13-10)8-15-6-4-5-11(15)9-16/h4-7,9H,3,8H2,1-2H3. The van der Waals surface area contributed by atoms with Crippen molar-refractivity contribution >= 4 is 6.29 Å². The molecule has 2 aromatic rings. The smallest absolute Gasteiger partial charge is 0.166 e. The Hall–Kier alpha value is -1.84. The summed E-state index contributed by atoms with van der Waals surface area (Å²) in [5.41, 5.74) is 2.88. The van der Waals surface area contributed by atoms with Crippen LogP contribution in [0.5, 0.6) is 0 Å². The number of carbonyl (C=O) groups excluding carboxylic acids is 1. The predicted molar refractivity (Wildman–Crippen MR) is 61.5 cm³/mol. The Morgan fingerprint density at radius 3 is 2.94 bits per heavy atom. The topological polar surface area (TPSA) is 39.8 Å². The maximum absolute atomic E-state index is 10.8. The van der Waals surface area contributed by atoms with E-state index in [2.05, 4.69) is 18.1 Å². The van der Waals surface area contributed by atoms with Crippen molar-refractivity contribution in [3.63, 3.8) is 0 Å². The summed E-state index contributed by atoms with van der Waals surface area (Å²) < 4.78 is 3.79. The van der Waals surface area contributed by atoms with Crippen LogP contribution >= 0.6 is 0 Å². The van der Waals surface area contributed by atoms with E-state index in [0.29, 0.717) is 12.2 Å². The number of nitrogens with zero attached hydrogens (tertiary/aromatic N) is 3. The van der Waals surface area contributed by atoms with Gasteiger partial charge in [-0.25, -0.2) is 0 Å². The summed E-state index contributed by atoms with van der Waals surface area (Å²) in [6.07, 6.45) is 3.71. The van der Waals surface area contributed by atoms with Crippen molar-refractivity contribution < 1.29 is 4.79 Å². The fourth-order valence-electron chi connectivity index (χ4n) is 1.75. The van der Waals surface area contributed by atoms with Crippen LogP contribution in [0.15, 0.2) is 24.4 Å². The van der Waals surface area contributed by atoms with Crippen molar-refractivity contribution in [3.8, 4) is 0 Å². The largest absolute Gasteiger partial charge is 0.339 e. The Morgan fingerprint density at radius 1 is 1.50 bits per heavy atom. The lowest BCUT2D eigenvalue weighted by Gasteiger charge is -2.05. The molecule has 0 spiro atoms. The van der Waals surface area contributed by atoms with E-state index in [9.17, 15) is 4.79 Å². The average molecular weight is 217 g/mol. The van der Waals surface area contributed by atoms with Crippen molar-refractivity contribution in [2.45, 2.75) is 19.9 Å². The van der Waals surface area contributed by atoms with Crippen LogP contribution in [-0.2, 0) is 20.0 Å². The van der Waals surface area contributed by atoms with E-state index in [1.807, 2.05) is 34.6 Å². The van der Waals surface area contributed by atoms with E-state index in [-0.39, 0.29) is 0 Å². The van der Waals surface area contributed by atoms with E-state index in [1.54, 1.807) is 0 Å². The number of rotatable bonds is 4. The first kappa shape index (κ1) is 10.7. The van der Waals surface area contributed by atoms with Crippen molar-refractivity contribution in [1.82, 2.24) is 14.3 Å². The van der Waals surface area contributed by atoms with Gasteiger partial charge in [-0.15, -0.1) is 0 Å². The molecule has 0 N–H and O–H groups in total. The molecule has 0 radical (unpaired) electrons. The summed E-state index contributed by atoms with van der Waals surface area (Å²) in [5, 5.41) is 4.38. The van der Waals surface area contributed by atoms with Crippen LogP contribution in [0, 0.1) is 0 Å². The quantitative estimate of drug-likeness (QED) is 0.730. The van der Waals surface area contributed by atoms with Gasteiger partial charge in [-0.05, 0) is 24.6 Å². The minimum absolute atomic E-state index is 0.685. The van der Waals surface area contributed by atoms with Crippen LogP contribution in [0.3, 0.4) is 0 Å². The highest BCUT2D eigenvalue weighted by molar-refractivity contribution is 5.72. The Balaban J connectivity index is 2.26. The summed E-state index contributed by atoms with van der Waals surface area (Å²) in [4.78, 5) is 10.8. The molecule has 2 heterocycles. The van der Waals surface area contributed by atoms with Crippen molar-refractivity contribution in [2.24, 2.45) is 7.05 Å². The number of hydrogen-bond donors (Lipinski definition) is 0. The fraction of sp³-hybridized carbons (Fsp3) is 0.333. The van der Waals surface area contributed by atoms with Crippen LogP contribution in [0.1, 0.15) is 28.8 Å². The minimum atomic E-state index is 0.685. The van der Waals surface area contributed by atoms with Crippen molar-refractivity contribution in [1.29, 1.82) is 0 Å². The number of aldehydes is 1. The molecule has 0 aliphatic carbocycles. The lowest BCUT2D eigenvalue weighted by molar-refractivity contribution is 0.111. The normalized spacial score (nSPS) is 10.6. The van der Waals surface area contributed by atoms with Gasteiger partial charge in [0.15, 0.2) is 6.29 Å². The van der Waals surface area contributed by atoms with Gasteiger partial charge in [0.05, 0.1) is 23.6 Å². The summed E-state index contributed by atoms with van der Waals surface area (Å²) in [7, 11) is 1.93. The second kappa shape index (κ2) is 4.35. The SMILES string of the molecule is CCc1cc(Cn2cccc2C=O)n(C)n1. The van der Waals surface area contributed by atoms with E-state index in [0.717, 1.165) is 24.1 Å². The van der Waals surface area contributed by atoms with Gasteiger partial charge >= 0.3 is 0 Å². The van der Waals surface area contributed by atoms with Crippen molar-refractivity contribution in [3.05, 3.63) is 41.5 Å². The number of hydrogen-bond acceptors (Lipinski definition) is 2. The molecule has 2 aromatic heterocycles. The Bertz CT molecular complexity index is 496. The summed E-state index contributed by atoms with van der Waals surface area (Å²) in [6, 6.07) is 5.76. The molecule has 0 amide bonds. The molecule has 0 unspecified atom stereocenters. The zero-order valence-corrected chi connectivity index (χ0v) is 9.55. The van der Waals surface area contributed by atoms with Gasteiger partial charge in [0.2, 0.25) is 0 Å². The Kier molecular flexibility index (Phi) is 2.90. The average Bonchev–Trinajstić information content (AvgIpc) is 2.86. The Labute approximate surface area is 94.5 Å². The first-order valence-corrected chi connectivity index (χ1v) is 5.36.